The summed E-state index contributed by atoms with van der Waals surface area (Å²) in [4.78, 5) is 12.6. The Balaban J connectivity index is 1.45. The molecule has 0 unspecified atom stereocenters. The predicted octanol–water partition coefficient (Wildman–Crippen LogP) is 8.24. The zero-order chi connectivity index (χ0) is 25.7. The molecule has 36 heavy (non-hydrogen) atoms. The normalized spacial score (nSPS) is 17.8. The first-order valence-electron chi connectivity index (χ1n) is 12.3. The van der Waals surface area contributed by atoms with Gasteiger partial charge in [0, 0.05) is 11.6 Å². The molecule has 0 amide bonds. The van der Waals surface area contributed by atoms with Crippen LogP contribution in [-0.4, -0.2) is 12.6 Å². The molecule has 0 saturated heterocycles. The number of halogens is 3. The van der Waals surface area contributed by atoms with Crippen LogP contribution >= 0.6 is 0 Å². The highest BCUT2D eigenvalue weighted by Gasteiger charge is 2.26. The number of carbonyl (C=O) groups is 1. The molecule has 3 nitrogen and oxygen atoms in total. The molecule has 3 aromatic carbocycles. The lowest BCUT2D eigenvalue weighted by molar-refractivity contribution is 0.0726. The monoisotopic (exact) mass is 494 g/mol. The van der Waals surface area contributed by atoms with E-state index in [2.05, 4.69) is 6.08 Å². The van der Waals surface area contributed by atoms with Crippen LogP contribution in [0, 0.1) is 23.4 Å². The van der Waals surface area contributed by atoms with Gasteiger partial charge < -0.3 is 9.47 Å². The quantitative estimate of drug-likeness (QED) is 0.188. The highest BCUT2D eigenvalue weighted by molar-refractivity contribution is 5.91. The van der Waals surface area contributed by atoms with E-state index in [-0.39, 0.29) is 11.5 Å². The summed E-state index contributed by atoms with van der Waals surface area (Å²) in [5, 5.41) is 0. The van der Waals surface area contributed by atoms with Gasteiger partial charge in [0.25, 0.3) is 0 Å². The van der Waals surface area contributed by atoms with Crippen molar-refractivity contribution in [3.63, 3.8) is 0 Å². The summed E-state index contributed by atoms with van der Waals surface area (Å²) < 4.78 is 54.6. The maximum absolute atomic E-state index is 14.9. The molecule has 1 aliphatic rings. The summed E-state index contributed by atoms with van der Waals surface area (Å²) in [6.07, 6.45) is 7.63. The van der Waals surface area contributed by atoms with Crippen molar-refractivity contribution in [2.75, 3.05) is 6.61 Å². The van der Waals surface area contributed by atoms with E-state index in [9.17, 15) is 18.0 Å². The minimum absolute atomic E-state index is 0.0544. The van der Waals surface area contributed by atoms with E-state index in [0.29, 0.717) is 35.0 Å². The van der Waals surface area contributed by atoms with Crippen molar-refractivity contribution in [3.8, 4) is 22.6 Å². The first kappa shape index (κ1) is 25.5. The topological polar surface area (TPSA) is 35.5 Å². The molecule has 4 rings (SSSR count). The van der Waals surface area contributed by atoms with Crippen LogP contribution in [-0.2, 0) is 0 Å². The van der Waals surface area contributed by atoms with Crippen LogP contribution in [0.2, 0.25) is 0 Å². The average molecular weight is 495 g/mol. The van der Waals surface area contributed by atoms with Gasteiger partial charge >= 0.3 is 5.97 Å². The van der Waals surface area contributed by atoms with Crippen molar-refractivity contribution in [2.24, 2.45) is 5.92 Å². The SMILES string of the molecule is C/C=C/C1CCC(c2ccc(OC(=O)c3ccc(-c4ccc(OCC)cc4F)cc3)c(F)c2F)CC1. The molecule has 1 saturated carbocycles. The molecule has 0 N–H and O–H groups in total. The van der Waals surface area contributed by atoms with Gasteiger partial charge in [-0.2, -0.15) is 4.39 Å². The van der Waals surface area contributed by atoms with Crippen molar-refractivity contribution >= 4 is 5.97 Å². The number of allylic oxidation sites excluding steroid dienone is 2. The van der Waals surface area contributed by atoms with Gasteiger partial charge in [-0.25, -0.2) is 13.6 Å². The zero-order valence-corrected chi connectivity index (χ0v) is 20.4. The van der Waals surface area contributed by atoms with Crippen LogP contribution in [0.25, 0.3) is 11.1 Å². The zero-order valence-electron chi connectivity index (χ0n) is 20.4. The van der Waals surface area contributed by atoms with E-state index in [4.69, 9.17) is 9.47 Å². The molecule has 0 radical (unpaired) electrons. The van der Waals surface area contributed by atoms with Gasteiger partial charge in [0.05, 0.1) is 12.2 Å². The summed E-state index contributed by atoms with van der Waals surface area (Å²) in [6, 6.07) is 13.4. The Kier molecular flexibility index (Phi) is 8.14. The van der Waals surface area contributed by atoms with E-state index in [1.807, 2.05) is 19.9 Å². The highest BCUT2D eigenvalue weighted by atomic mass is 19.2. The summed E-state index contributed by atoms with van der Waals surface area (Å²) >= 11 is 0. The van der Waals surface area contributed by atoms with Crippen LogP contribution in [0.5, 0.6) is 11.5 Å². The van der Waals surface area contributed by atoms with Gasteiger partial charge in [-0.15, -0.1) is 0 Å². The minimum atomic E-state index is -1.16. The van der Waals surface area contributed by atoms with E-state index in [1.54, 1.807) is 24.3 Å². The maximum Gasteiger partial charge on any atom is 0.343 e. The number of ether oxygens (including phenoxy) is 2. The Morgan fingerprint density at radius 2 is 1.67 bits per heavy atom. The molecule has 0 spiro atoms. The van der Waals surface area contributed by atoms with Gasteiger partial charge in [0.15, 0.2) is 11.6 Å². The molecule has 1 fully saturated rings. The first-order valence-corrected chi connectivity index (χ1v) is 12.3. The predicted molar refractivity (Wildman–Crippen MR) is 134 cm³/mol. The Bertz CT molecular complexity index is 1240. The molecular formula is C30H29F3O3. The smallest absolute Gasteiger partial charge is 0.343 e. The third kappa shape index (κ3) is 5.64. The summed E-state index contributed by atoms with van der Waals surface area (Å²) in [6.45, 7) is 4.23. The van der Waals surface area contributed by atoms with E-state index in [0.717, 1.165) is 25.7 Å². The van der Waals surface area contributed by atoms with Crippen LogP contribution in [0.3, 0.4) is 0 Å². The Morgan fingerprint density at radius 1 is 0.944 bits per heavy atom. The van der Waals surface area contributed by atoms with Gasteiger partial charge in [-0.1, -0.05) is 30.4 Å². The lowest BCUT2D eigenvalue weighted by atomic mass is 9.78. The third-order valence-electron chi connectivity index (χ3n) is 6.64. The van der Waals surface area contributed by atoms with Crippen molar-refractivity contribution in [1.82, 2.24) is 0 Å². The Hall–Kier alpha value is -3.54. The van der Waals surface area contributed by atoms with Gasteiger partial charge in [0.1, 0.15) is 11.6 Å². The fraction of sp³-hybridized carbons (Fsp3) is 0.300. The number of carbonyl (C=O) groups excluding carboxylic acids is 1. The molecule has 0 atom stereocenters. The molecule has 0 heterocycles. The van der Waals surface area contributed by atoms with Crippen molar-refractivity contribution < 1.29 is 27.4 Å². The molecule has 188 valence electrons. The number of hydrogen-bond donors (Lipinski definition) is 0. The van der Waals surface area contributed by atoms with Crippen molar-refractivity contribution in [3.05, 3.63) is 95.3 Å². The third-order valence-corrected chi connectivity index (χ3v) is 6.64. The second-order valence-electron chi connectivity index (χ2n) is 8.96. The number of rotatable bonds is 7. The molecule has 0 aliphatic heterocycles. The van der Waals surface area contributed by atoms with Gasteiger partial charge in [-0.3, -0.25) is 0 Å². The van der Waals surface area contributed by atoms with E-state index in [1.165, 1.54) is 30.3 Å². The number of benzene rings is 3. The van der Waals surface area contributed by atoms with Crippen molar-refractivity contribution in [2.45, 2.75) is 45.4 Å². The lowest BCUT2D eigenvalue weighted by Crippen LogP contribution is -2.15. The molecule has 6 heteroatoms. The lowest BCUT2D eigenvalue weighted by Gasteiger charge is -2.27. The minimum Gasteiger partial charge on any atom is -0.494 e. The summed E-state index contributed by atoms with van der Waals surface area (Å²) in [5.41, 5.74) is 1.36. The highest BCUT2D eigenvalue weighted by Crippen LogP contribution is 2.39. The van der Waals surface area contributed by atoms with Crippen molar-refractivity contribution in [1.29, 1.82) is 0 Å². The molecule has 0 bridgehead atoms. The van der Waals surface area contributed by atoms with Gasteiger partial charge in [0.2, 0.25) is 5.82 Å². The largest absolute Gasteiger partial charge is 0.494 e. The maximum atomic E-state index is 14.9. The summed E-state index contributed by atoms with van der Waals surface area (Å²) in [5.74, 6) is -3.00. The fourth-order valence-corrected chi connectivity index (χ4v) is 4.77. The average Bonchev–Trinajstić information content (AvgIpc) is 2.88. The second-order valence-corrected chi connectivity index (χ2v) is 8.96. The van der Waals surface area contributed by atoms with Gasteiger partial charge in [-0.05, 0) is 92.8 Å². The van der Waals surface area contributed by atoms with Crippen LogP contribution in [0.1, 0.15) is 61.4 Å². The molecule has 3 aromatic rings. The Labute approximate surface area is 209 Å². The number of esters is 1. The van der Waals surface area contributed by atoms with E-state index >= 15 is 0 Å². The summed E-state index contributed by atoms with van der Waals surface area (Å²) in [7, 11) is 0. The molecule has 0 aromatic heterocycles. The first-order chi connectivity index (χ1) is 17.4. The van der Waals surface area contributed by atoms with Crippen LogP contribution < -0.4 is 9.47 Å². The van der Waals surface area contributed by atoms with Crippen LogP contribution in [0.4, 0.5) is 13.2 Å². The van der Waals surface area contributed by atoms with Crippen LogP contribution in [0.15, 0.2) is 66.7 Å². The number of hydrogen-bond acceptors (Lipinski definition) is 3. The Morgan fingerprint density at radius 3 is 2.31 bits per heavy atom. The molecular weight excluding hydrogens is 465 g/mol. The van der Waals surface area contributed by atoms with E-state index < -0.39 is 29.2 Å². The fourth-order valence-electron chi connectivity index (χ4n) is 4.77. The standard InChI is InChI=1S/C30H29F3O3/c1-3-5-19-6-8-21(9-7-19)25-16-17-27(29(33)28(25)32)36-30(34)22-12-10-20(11-13-22)24-15-14-23(35-4-2)18-26(24)31/h3,5,10-19,21H,4,6-9H2,1-2H3/b5-3+. The second kappa shape index (κ2) is 11.5. The molecule has 1 aliphatic carbocycles.